The molecule has 0 radical (unpaired) electrons. The lowest BCUT2D eigenvalue weighted by molar-refractivity contribution is -0.123. The Balaban J connectivity index is 1.41. The summed E-state index contributed by atoms with van der Waals surface area (Å²) >= 11 is 0. The van der Waals surface area contributed by atoms with Crippen molar-refractivity contribution in [3.8, 4) is 0 Å². The first-order chi connectivity index (χ1) is 12.1. The lowest BCUT2D eigenvalue weighted by Crippen LogP contribution is -2.54. The van der Waals surface area contributed by atoms with Crippen LogP contribution in [0.1, 0.15) is 10.4 Å². The van der Waals surface area contributed by atoms with Crippen molar-refractivity contribution in [2.24, 2.45) is 5.92 Å². The molecule has 2 heterocycles. The van der Waals surface area contributed by atoms with Crippen molar-refractivity contribution in [2.75, 3.05) is 18.4 Å². The first kappa shape index (κ1) is 15.4. The summed E-state index contributed by atoms with van der Waals surface area (Å²) in [7, 11) is 0. The topological polar surface area (TPSA) is 65.2 Å². The fraction of sp³-hybridized carbons (Fsp3) is 0.158. The van der Waals surface area contributed by atoms with Crippen LogP contribution in [0, 0.1) is 11.7 Å². The quantitative estimate of drug-likeness (QED) is 0.771. The van der Waals surface area contributed by atoms with Crippen LogP contribution in [0.3, 0.4) is 0 Å². The number of anilines is 1. The highest BCUT2D eigenvalue weighted by Gasteiger charge is 2.36. The Morgan fingerprint density at radius 1 is 1.08 bits per heavy atom. The van der Waals surface area contributed by atoms with Crippen LogP contribution in [0.2, 0.25) is 0 Å². The van der Waals surface area contributed by atoms with Crippen LogP contribution in [-0.4, -0.2) is 34.8 Å². The molecule has 2 N–H and O–H groups in total. The van der Waals surface area contributed by atoms with E-state index >= 15 is 0 Å². The zero-order valence-corrected chi connectivity index (χ0v) is 13.3. The van der Waals surface area contributed by atoms with Gasteiger partial charge >= 0.3 is 0 Å². The molecule has 5 nitrogen and oxygen atoms in total. The molecule has 4 rings (SSSR count). The average Bonchev–Trinajstić information content (AvgIpc) is 2.99. The molecule has 2 aromatic carbocycles. The summed E-state index contributed by atoms with van der Waals surface area (Å²) in [6.45, 7) is 0.664. The molecule has 0 aliphatic carbocycles. The molecule has 1 fully saturated rings. The number of hydrogen-bond acceptors (Lipinski definition) is 2. The van der Waals surface area contributed by atoms with E-state index in [1.54, 1.807) is 23.2 Å². The highest BCUT2D eigenvalue weighted by Crippen LogP contribution is 2.25. The van der Waals surface area contributed by atoms with Gasteiger partial charge in [0.2, 0.25) is 5.91 Å². The first-order valence-corrected chi connectivity index (χ1v) is 8.04. The molecule has 126 valence electrons. The van der Waals surface area contributed by atoms with E-state index in [4.69, 9.17) is 0 Å². The van der Waals surface area contributed by atoms with E-state index < -0.39 is 5.82 Å². The second-order valence-corrected chi connectivity index (χ2v) is 6.12. The Morgan fingerprint density at radius 2 is 1.80 bits per heavy atom. The maximum absolute atomic E-state index is 13.6. The molecule has 1 saturated heterocycles. The lowest BCUT2D eigenvalue weighted by atomic mass is 9.97. The molecule has 0 spiro atoms. The predicted octanol–water partition coefficient (Wildman–Crippen LogP) is 3.02. The van der Waals surface area contributed by atoms with Gasteiger partial charge in [-0.2, -0.15) is 0 Å². The van der Waals surface area contributed by atoms with Crippen LogP contribution in [0.25, 0.3) is 10.9 Å². The standard InChI is InChI=1S/C19H16FN3O2/c20-15-6-2-4-8-17(15)22-18(24)12-10-23(11-12)19(25)14-9-21-16-7-3-1-5-13(14)16/h1-9,12,21H,10-11H2,(H,22,24). The zero-order chi connectivity index (χ0) is 17.4. The highest BCUT2D eigenvalue weighted by molar-refractivity contribution is 6.07. The van der Waals surface area contributed by atoms with E-state index in [9.17, 15) is 14.0 Å². The van der Waals surface area contributed by atoms with Gasteiger partial charge in [-0.3, -0.25) is 9.59 Å². The minimum Gasteiger partial charge on any atom is -0.360 e. The molecule has 0 saturated carbocycles. The maximum atomic E-state index is 13.6. The highest BCUT2D eigenvalue weighted by atomic mass is 19.1. The lowest BCUT2D eigenvalue weighted by Gasteiger charge is -2.38. The summed E-state index contributed by atoms with van der Waals surface area (Å²) in [4.78, 5) is 29.5. The molecular weight excluding hydrogens is 321 g/mol. The molecule has 1 aromatic heterocycles. The molecule has 0 bridgehead atoms. The molecule has 1 aliphatic rings. The molecule has 25 heavy (non-hydrogen) atoms. The number of aromatic nitrogens is 1. The van der Waals surface area contributed by atoms with Gasteiger partial charge in [-0.1, -0.05) is 30.3 Å². The number of H-pyrrole nitrogens is 1. The first-order valence-electron chi connectivity index (χ1n) is 8.04. The van der Waals surface area contributed by atoms with Crippen molar-refractivity contribution in [1.82, 2.24) is 9.88 Å². The van der Waals surface area contributed by atoms with E-state index in [1.165, 1.54) is 12.1 Å². The van der Waals surface area contributed by atoms with E-state index in [0.29, 0.717) is 18.7 Å². The van der Waals surface area contributed by atoms with Crippen LogP contribution < -0.4 is 5.32 Å². The normalized spacial score (nSPS) is 14.4. The molecular formula is C19H16FN3O2. The SMILES string of the molecule is O=C(Nc1ccccc1F)C1CN(C(=O)c2c[nH]c3ccccc23)C1. The third kappa shape index (κ3) is 2.76. The van der Waals surface area contributed by atoms with Gasteiger partial charge in [0.05, 0.1) is 17.2 Å². The van der Waals surface area contributed by atoms with Crippen LogP contribution in [0.15, 0.2) is 54.7 Å². The largest absolute Gasteiger partial charge is 0.360 e. The summed E-state index contributed by atoms with van der Waals surface area (Å²) in [6, 6.07) is 13.6. The van der Waals surface area contributed by atoms with Crippen molar-refractivity contribution in [3.05, 3.63) is 66.1 Å². The molecule has 3 aromatic rings. The number of aromatic amines is 1. The van der Waals surface area contributed by atoms with Gasteiger partial charge in [-0.25, -0.2) is 4.39 Å². The number of amides is 2. The fourth-order valence-electron chi connectivity index (χ4n) is 3.03. The minimum atomic E-state index is -0.470. The number of benzene rings is 2. The molecule has 6 heteroatoms. The Hall–Kier alpha value is -3.15. The van der Waals surface area contributed by atoms with Gasteiger partial charge in [0.15, 0.2) is 0 Å². The van der Waals surface area contributed by atoms with E-state index in [2.05, 4.69) is 10.3 Å². The average molecular weight is 337 g/mol. The monoisotopic (exact) mass is 337 g/mol. The second kappa shape index (κ2) is 6.05. The van der Waals surface area contributed by atoms with E-state index in [0.717, 1.165) is 10.9 Å². The number of rotatable bonds is 3. The molecule has 0 atom stereocenters. The van der Waals surface area contributed by atoms with E-state index in [-0.39, 0.29) is 23.4 Å². The second-order valence-electron chi connectivity index (χ2n) is 6.12. The Labute approximate surface area is 143 Å². The Bertz CT molecular complexity index is 960. The van der Waals surface area contributed by atoms with Gasteiger partial charge in [0.1, 0.15) is 5.82 Å². The number of carbonyl (C=O) groups is 2. The van der Waals surface area contributed by atoms with Crippen molar-refractivity contribution in [3.63, 3.8) is 0 Å². The number of carbonyl (C=O) groups excluding carboxylic acids is 2. The molecule has 1 aliphatic heterocycles. The van der Waals surface area contributed by atoms with Gasteiger partial charge < -0.3 is 15.2 Å². The summed E-state index contributed by atoms with van der Waals surface area (Å²) in [6.07, 6.45) is 1.69. The third-order valence-corrected chi connectivity index (χ3v) is 4.49. The number of hydrogen-bond donors (Lipinski definition) is 2. The zero-order valence-electron chi connectivity index (χ0n) is 13.3. The smallest absolute Gasteiger partial charge is 0.256 e. The number of nitrogens with one attached hydrogen (secondary N) is 2. The number of fused-ring (bicyclic) bond motifs is 1. The summed E-state index contributed by atoms with van der Waals surface area (Å²) in [5.74, 6) is -1.17. The Kier molecular flexibility index (Phi) is 3.72. The fourth-order valence-corrected chi connectivity index (χ4v) is 3.03. The maximum Gasteiger partial charge on any atom is 0.256 e. The van der Waals surface area contributed by atoms with Gasteiger partial charge in [0.25, 0.3) is 5.91 Å². The predicted molar refractivity (Wildman–Crippen MR) is 92.7 cm³/mol. The number of halogens is 1. The number of likely N-dealkylation sites (tertiary alicyclic amines) is 1. The van der Waals surface area contributed by atoms with Gasteiger partial charge in [-0.05, 0) is 18.2 Å². The van der Waals surface area contributed by atoms with Crippen LogP contribution >= 0.6 is 0 Å². The number of nitrogens with zero attached hydrogens (tertiary/aromatic N) is 1. The summed E-state index contributed by atoms with van der Waals surface area (Å²) < 4.78 is 13.6. The third-order valence-electron chi connectivity index (χ3n) is 4.49. The number of para-hydroxylation sites is 2. The molecule has 2 amide bonds. The summed E-state index contributed by atoms with van der Waals surface area (Å²) in [5.41, 5.74) is 1.66. The minimum absolute atomic E-state index is 0.104. The van der Waals surface area contributed by atoms with Crippen LogP contribution in [-0.2, 0) is 4.79 Å². The van der Waals surface area contributed by atoms with Crippen molar-refractivity contribution in [1.29, 1.82) is 0 Å². The van der Waals surface area contributed by atoms with Crippen LogP contribution in [0.4, 0.5) is 10.1 Å². The Morgan fingerprint density at radius 3 is 2.60 bits per heavy atom. The van der Waals surface area contributed by atoms with Crippen molar-refractivity contribution in [2.45, 2.75) is 0 Å². The van der Waals surface area contributed by atoms with Crippen LogP contribution in [0.5, 0.6) is 0 Å². The van der Waals surface area contributed by atoms with Gasteiger partial charge in [-0.15, -0.1) is 0 Å². The van der Waals surface area contributed by atoms with E-state index in [1.807, 2.05) is 24.3 Å². The van der Waals surface area contributed by atoms with Crippen molar-refractivity contribution >= 4 is 28.4 Å². The molecule has 0 unspecified atom stereocenters. The van der Waals surface area contributed by atoms with Gasteiger partial charge in [0, 0.05) is 30.2 Å². The summed E-state index contributed by atoms with van der Waals surface area (Å²) in [5, 5.41) is 3.45. The van der Waals surface area contributed by atoms with Crippen molar-refractivity contribution < 1.29 is 14.0 Å².